The predicted molar refractivity (Wildman–Crippen MR) is 69.9 cm³/mol. The van der Waals surface area contributed by atoms with Crippen LogP contribution in [0, 0.1) is 0 Å². The van der Waals surface area contributed by atoms with Gasteiger partial charge in [0.2, 0.25) is 0 Å². The molecule has 0 saturated carbocycles. The largest absolute Gasteiger partial charge is 0.382 e. The van der Waals surface area contributed by atoms with Crippen LogP contribution in [0.5, 0.6) is 0 Å². The quantitative estimate of drug-likeness (QED) is 0.670. The lowest BCUT2D eigenvalue weighted by Crippen LogP contribution is -2.06. The van der Waals surface area contributed by atoms with Crippen molar-refractivity contribution in [1.29, 1.82) is 0 Å². The smallest absolute Gasteiger partial charge is 0.277 e. The molecule has 10 heteroatoms. The molecule has 2 aromatic rings. The Balaban J connectivity index is 2.00. The van der Waals surface area contributed by atoms with Gasteiger partial charge in [0.1, 0.15) is 18.2 Å². The number of ether oxygens (including phenoxy) is 1. The highest BCUT2D eigenvalue weighted by atomic mass is 35.9. The molecule has 0 aromatic carbocycles. The van der Waals surface area contributed by atoms with E-state index in [1.54, 1.807) is 10.9 Å². The number of halogens is 2. The summed E-state index contributed by atoms with van der Waals surface area (Å²) in [5.41, 5.74) is 6.81. The first kappa shape index (κ1) is 13.5. The van der Waals surface area contributed by atoms with E-state index in [1.165, 1.54) is 6.33 Å². The van der Waals surface area contributed by atoms with Gasteiger partial charge in [0, 0.05) is 6.54 Å². The normalized spacial score (nSPS) is 12.1. The summed E-state index contributed by atoms with van der Waals surface area (Å²) in [6.07, 6.45) is 2.77. The fourth-order valence-corrected chi connectivity index (χ4v) is 2.15. The van der Waals surface area contributed by atoms with Crippen molar-refractivity contribution in [1.82, 2.24) is 19.5 Å². The molecule has 0 aliphatic rings. The van der Waals surface area contributed by atoms with Crippen molar-refractivity contribution in [3.63, 3.8) is 0 Å². The van der Waals surface area contributed by atoms with E-state index < -0.39 is 5.85 Å². The molecule has 0 aliphatic heterocycles. The zero-order valence-electron chi connectivity index (χ0n) is 9.16. The van der Waals surface area contributed by atoms with Crippen LogP contribution in [0.4, 0.5) is 5.82 Å². The third kappa shape index (κ3) is 3.32. The summed E-state index contributed by atoms with van der Waals surface area (Å²) in [7, 11) is 0. The van der Waals surface area contributed by atoms with Crippen molar-refractivity contribution in [3.8, 4) is 0 Å². The van der Waals surface area contributed by atoms with E-state index in [9.17, 15) is 4.57 Å². The number of hydrogen-bond donors (Lipinski definition) is 1. The number of fused-ring (bicyclic) bond motifs is 1. The highest BCUT2D eigenvalue weighted by Gasteiger charge is 2.13. The van der Waals surface area contributed by atoms with Gasteiger partial charge >= 0.3 is 0 Å². The van der Waals surface area contributed by atoms with Crippen LogP contribution in [0.15, 0.2) is 12.7 Å². The lowest BCUT2D eigenvalue weighted by molar-refractivity contribution is 0.169. The van der Waals surface area contributed by atoms with Crippen LogP contribution < -0.4 is 5.73 Å². The highest BCUT2D eigenvalue weighted by Crippen LogP contribution is 2.56. The maximum Gasteiger partial charge on any atom is 0.277 e. The highest BCUT2D eigenvalue weighted by molar-refractivity contribution is 8.08. The first-order valence-corrected chi connectivity index (χ1v) is 8.65. The standard InChI is InChI=1S/C8H10Cl2N5O2P/c9-18(10,16)5-17-2-1-15-4-14-6-7(11)12-3-13-8(6)15/h3-4H,1-2,5H2,(H2,11,12,13). The Bertz CT molecular complexity index is 598. The van der Waals surface area contributed by atoms with Gasteiger partial charge in [-0.1, -0.05) is 0 Å². The molecule has 0 spiro atoms. The van der Waals surface area contributed by atoms with Crippen LogP contribution in [-0.4, -0.2) is 32.5 Å². The molecule has 0 atom stereocenters. The van der Waals surface area contributed by atoms with Gasteiger partial charge in [0.15, 0.2) is 11.5 Å². The molecule has 0 fully saturated rings. The van der Waals surface area contributed by atoms with E-state index >= 15 is 0 Å². The topological polar surface area (TPSA) is 95.9 Å². The third-order valence-electron chi connectivity index (χ3n) is 2.15. The molecular weight excluding hydrogens is 300 g/mol. The van der Waals surface area contributed by atoms with Gasteiger partial charge in [0.05, 0.1) is 12.9 Å². The van der Waals surface area contributed by atoms with Crippen molar-refractivity contribution < 1.29 is 9.30 Å². The molecule has 2 rings (SSSR count). The Morgan fingerprint density at radius 2 is 2.17 bits per heavy atom. The number of nitrogen functional groups attached to an aromatic ring is 1. The summed E-state index contributed by atoms with van der Waals surface area (Å²) in [5, 5.41) is 0. The van der Waals surface area contributed by atoms with E-state index in [4.69, 9.17) is 33.0 Å². The minimum absolute atomic E-state index is 0.181. The number of rotatable bonds is 5. The van der Waals surface area contributed by atoms with E-state index in [2.05, 4.69) is 15.0 Å². The van der Waals surface area contributed by atoms with Crippen molar-refractivity contribution in [3.05, 3.63) is 12.7 Å². The second-order valence-electron chi connectivity index (χ2n) is 3.48. The van der Waals surface area contributed by atoms with E-state index in [-0.39, 0.29) is 6.35 Å². The average molecular weight is 310 g/mol. The van der Waals surface area contributed by atoms with Gasteiger partial charge in [-0.15, -0.1) is 0 Å². The van der Waals surface area contributed by atoms with E-state index in [1.807, 2.05) is 0 Å². The number of nitrogens with two attached hydrogens (primary N) is 1. The van der Waals surface area contributed by atoms with Crippen molar-refractivity contribution >= 4 is 45.3 Å². The van der Waals surface area contributed by atoms with Crippen LogP contribution in [0.3, 0.4) is 0 Å². The van der Waals surface area contributed by atoms with Gasteiger partial charge < -0.3 is 15.0 Å². The number of aromatic nitrogens is 4. The minimum atomic E-state index is -3.18. The molecule has 0 saturated heterocycles. The third-order valence-corrected chi connectivity index (χ3v) is 3.22. The molecule has 2 N–H and O–H groups in total. The SMILES string of the molecule is Nc1ncnc2c1ncn2CCOCP(=O)(Cl)Cl. The average Bonchev–Trinajstić information content (AvgIpc) is 2.68. The monoisotopic (exact) mass is 309 g/mol. The molecular formula is C8H10Cl2N5O2P. The van der Waals surface area contributed by atoms with Crippen molar-refractivity contribution in [2.24, 2.45) is 0 Å². The summed E-state index contributed by atoms with van der Waals surface area (Å²) < 4.78 is 17.8. The van der Waals surface area contributed by atoms with Crippen LogP contribution in [0.1, 0.15) is 0 Å². The van der Waals surface area contributed by atoms with Gasteiger partial charge in [0.25, 0.3) is 5.85 Å². The van der Waals surface area contributed by atoms with Gasteiger partial charge in [-0.3, -0.25) is 4.57 Å². The Labute approximate surface area is 112 Å². The van der Waals surface area contributed by atoms with Crippen LogP contribution >= 0.6 is 28.3 Å². The Morgan fingerprint density at radius 3 is 2.89 bits per heavy atom. The minimum Gasteiger partial charge on any atom is -0.382 e. The first-order chi connectivity index (χ1) is 8.47. The summed E-state index contributed by atoms with van der Waals surface area (Å²) in [6.45, 7) is 0.763. The second kappa shape index (κ2) is 5.40. The summed E-state index contributed by atoms with van der Waals surface area (Å²) in [6, 6.07) is 0. The van der Waals surface area contributed by atoms with E-state index in [0.717, 1.165) is 0 Å². The number of nitrogens with zero attached hydrogens (tertiary/aromatic N) is 4. The van der Waals surface area contributed by atoms with Gasteiger partial charge in [-0.2, -0.15) is 0 Å². The molecule has 98 valence electrons. The molecule has 0 amide bonds. The summed E-state index contributed by atoms with van der Waals surface area (Å²) in [4.78, 5) is 12.0. The fraction of sp³-hybridized carbons (Fsp3) is 0.375. The number of hydrogen-bond acceptors (Lipinski definition) is 6. The molecule has 2 aromatic heterocycles. The first-order valence-electron chi connectivity index (χ1n) is 4.95. The predicted octanol–water partition coefficient (Wildman–Crippen LogP) is 2.05. The Hall–Kier alpha value is -0.880. The maximum atomic E-state index is 11.0. The van der Waals surface area contributed by atoms with Gasteiger partial charge in [-0.05, 0) is 22.5 Å². The molecule has 7 nitrogen and oxygen atoms in total. The zero-order chi connectivity index (χ0) is 13.2. The molecule has 0 unspecified atom stereocenters. The van der Waals surface area contributed by atoms with Crippen molar-refractivity contribution in [2.75, 3.05) is 18.7 Å². The number of anilines is 1. The van der Waals surface area contributed by atoms with Crippen LogP contribution in [0.25, 0.3) is 11.2 Å². The lowest BCUT2D eigenvalue weighted by atomic mass is 10.5. The van der Waals surface area contributed by atoms with Gasteiger partial charge in [-0.25, -0.2) is 15.0 Å². The molecule has 0 aliphatic carbocycles. The van der Waals surface area contributed by atoms with E-state index in [0.29, 0.717) is 30.1 Å². The molecule has 0 radical (unpaired) electrons. The Kier molecular flexibility index (Phi) is 4.07. The molecule has 18 heavy (non-hydrogen) atoms. The Morgan fingerprint density at radius 1 is 1.39 bits per heavy atom. The lowest BCUT2D eigenvalue weighted by Gasteiger charge is -2.06. The zero-order valence-corrected chi connectivity index (χ0v) is 11.6. The van der Waals surface area contributed by atoms with Crippen LogP contribution in [0.2, 0.25) is 0 Å². The summed E-state index contributed by atoms with van der Waals surface area (Å²) in [5.74, 6) is -2.85. The molecule has 2 heterocycles. The van der Waals surface area contributed by atoms with Crippen LogP contribution in [-0.2, 0) is 15.8 Å². The van der Waals surface area contributed by atoms with Crippen molar-refractivity contribution in [2.45, 2.75) is 6.54 Å². The number of imidazole rings is 1. The fourth-order valence-electron chi connectivity index (χ4n) is 1.40. The second-order valence-corrected chi connectivity index (χ2v) is 8.67. The molecule has 0 bridgehead atoms. The summed E-state index contributed by atoms with van der Waals surface area (Å²) >= 11 is 10.7. The maximum absolute atomic E-state index is 11.0.